The zero-order valence-electron chi connectivity index (χ0n) is 16.3. The fraction of sp³-hybridized carbons (Fsp3) is 0.286. The molecule has 5 amide bonds. The molecule has 1 aliphatic heterocycles. The SMILES string of the molecule is CCCC(=O)Nc1ccc(CNC(=O)Nc2cccc(N3CCNC3=O)c2)cc1. The van der Waals surface area contributed by atoms with Crippen LogP contribution in [0, 0.1) is 0 Å². The molecule has 0 radical (unpaired) electrons. The van der Waals surface area contributed by atoms with Gasteiger partial charge in [0, 0.05) is 43.1 Å². The van der Waals surface area contributed by atoms with Crippen LogP contribution in [0.3, 0.4) is 0 Å². The van der Waals surface area contributed by atoms with Gasteiger partial charge in [0.15, 0.2) is 0 Å². The normalized spacial score (nSPS) is 13.0. The Morgan fingerprint density at radius 1 is 1.07 bits per heavy atom. The quantitative estimate of drug-likeness (QED) is 0.578. The van der Waals surface area contributed by atoms with Crippen molar-refractivity contribution in [2.75, 3.05) is 28.6 Å². The van der Waals surface area contributed by atoms with E-state index in [1.165, 1.54) is 0 Å². The fourth-order valence-corrected chi connectivity index (χ4v) is 2.98. The predicted octanol–water partition coefficient (Wildman–Crippen LogP) is 3.28. The summed E-state index contributed by atoms with van der Waals surface area (Å²) < 4.78 is 0. The van der Waals surface area contributed by atoms with E-state index in [0.717, 1.165) is 23.4 Å². The highest BCUT2D eigenvalue weighted by atomic mass is 16.2. The molecule has 2 aromatic rings. The minimum atomic E-state index is -0.339. The van der Waals surface area contributed by atoms with Gasteiger partial charge in [-0.2, -0.15) is 0 Å². The highest BCUT2D eigenvalue weighted by molar-refractivity contribution is 5.96. The monoisotopic (exact) mass is 395 g/mol. The van der Waals surface area contributed by atoms with Crippen molar-refractivity contribution in [1.82, 2.24) is 10.6 Å². The largest absolute Gasteiger partial charge is 0.336 e. The molecule has 3 rings (SSSR count). The highest BCUT2D eigenvalue weighted by Crippen LogP contribution is 2.21. The zero-order chi connectivity index (χ0) is 20.6. The molecule has 1 saturated heterocycles. The van der Waals surface area contributed by atoms with Gasteiger partial charge in [0.05, 0.1) is 0 Å². The number of nitrogens with one attached hydrogen (secondary N) is 4. The number of benzene rings is 2. The van der Waals surface area contributed by atoms with Crippen molar-refractivity contribution in [3.8, 4) is 0 Å². The highest BCUT2D eigenvalue weighted by Gasteiger charge is 2.21. The summed E-state index contributed by atoms with van der Waals surface area (Å²) in [7, 11) is 0. The Morgan fingerprint density at radius 3 is 2.55 bits per heavy atom. The van der Waals surface area contributed by atoms with Crippen LogP contribution in [-0.4, -0.2) is 31.1 Å². The van der Waals surface area contributed by atoms with Gasteiger partial charge in [0.1, 0.15) is 0 Å². The molecule has 4 N–H and O–H groups in total. The molecule has 2 aromatic carbocycles. The van der Waals surface area contributed by atoms with Gasteiger partial charge in [-0.05, 0) is 42.3 Å². The summed E-state index contributed by atoms with van der Waals surface area (Å²) in [4.78, 5) is 37.2. The Bertz CT molecular complexity index is 882. The molecule has 0 spiro atoms. The van der Waals surface area contributed by atoms with Gasteiger partial charge >= 0.3 is 12.1 Å². The number of hydrogen-bond donors (Lipinski definition) is 4. The molecule has 0 aromatic heterocycles. The van der Waals surface area contributed by atoms with Crippen molar-refractivity contribution in [1.29, 1.82) is 0 Å². The van der Waals surface area contributed by atoms with Crippen LogP contribution in [0.1, 0.15) is 25.3 Å². The molecule has 0 atom stereocenters. The smallest absolute Gasteiger partial charge is 0.321 e. The Hall–Kier alpha value is -3.55. The van der Waals surface area contributed by atoms with E-state index in [2.05, 4.69) is 21.3 Å². The summed E-state index contributed by atoms with van der Waals surface area (Å²) in [6.45, 7) is 3.52. The van der Waals surface area contributed by atoms with Gasteiger partial charge in [-0.25, -0.2) is 9.59 Å². The average molecular weight is 395 g/mol. The Labute approximate surface area is 169 Å². The summed E-state index contributed by atoms with van der Waals surface area (Å²) in [5.41, 5.74) is 2.99. The first kappa shape index (κ1) is 20.2. The molecular weight excluding hydrogens is 370 g/mol. The van der Waals surface area contributed by atoms with E-state index in [-0.39, 0.29) is 18.0 Å². The maximum Gasteiger partial charge on any atom is 0.321 e. The van der Waals surface area contributed by atoms with Gasteiger partial charge in [-0.3, -0.25) is 9.69 Å². The first-order valence-electron chi connectivity index (χ1n) is 9.64. The third kappa shape index (κ3) is 5.71. The summed E-state index contributed by atoms with van der Waals surface area (Å²) in [6, 6.07) is 14.0. The van der Waals surface area contributed by atoms with Crippen LogP contribution in [0.2, 0.25) is 0 Å². The number of amides is 5. The van der Waals surface area contributed by atoms with Gasteiger partial charge < -0.3 is 21.3 Å². The lowest BCUT2D eigenvalue weighted by atomic mass is 10.2. The number of carbonyl (C=O) groups excluding carboxylic acids is 3. The van der Waals surface area contributed by atoms with E-state index in [4.69, 9.17) is 0 Å². The maximum absolute atomic E-state index is 12.2. The molecule has 29 heavy (non-hydrogen) atoms. The van der Waals surface area contributed by atoms with Crippen molar-refractivity contribution in [3.63, 3.8) is 0 Å². The molecule has 8 nitrogen and oxygen atoms in total. The molecule has 1 aliphatic rings. The minimum absolute atomic E-state index is 0.00797. The fourth-order valence-electron chi connectivity index (χ4n) is 2.98. The molecule has 0 unspecified atom stereocenters. The molecule has 152 valence electrons. The summed E-state index contributed by atoms with van der Waals surface area (Å²) in [5, 5.41) is 11.2. The third-order valence-electron chi connectivity index (χ3n) is 4.44. The standard InChI is InChI=1S/C21H25N5O3/c1-2-4-19(27)24-16-9-7-15(8-10-16)14-23-20(28)25-17-5-3-6-18(13-17)26-12-11-22-21(26)29/h3,5-10,13H,2,4,11-12,14H2,1H3,(H,22,29)(H,24,27)(H2,23,25,28). The maximum atomic E-state index is 12.2. The topological polar surface area (TPSA) is 103 Å². The molecule has 8 heteroatoms. The minimum Gasteiger partial charge on any atom is -0.336 e. The number of hydrogen-bond acceptors (Lipinski definition) is 3. The van der Waals surface area contributed by atoms with E-state index < -0.39 is 0 Å². The lowest BCUT2D eigenvalue weighted by Crippen LogP contribution is -2.29. The predicted molar refractivity (Wildman–Crippen MR) is 113 cm³/mol. The van der Waals surface area contributed by atoms with Crippen molar-refractivity contribution in [2.24, 2.45) is 0 Å². The van der Waals surface area contributed by atoms with E-state index in [1.54, 1.807) is 23.1 Å². The van der Waals surface area contributed by atoms with Crippen molar-refractivity contribution in [3.05, 3.63) is 54.1 Å². The first-order valence-corrected chi connectivity index (χ1v) is 9.64. The van der Waals surface area contributed by atoms with E-state index in [9.17, 15) is 14.4 Å². The summed E-state index contributed by atoms with van der Waals surface area (Å²) in [6.07, 6.45) is 1.30. The zero-order valence-corrected chi connectivity index (χ0v) is 16.3. The van der Waals surface area contributed by atoms with Crippen molar-refractivity contribution < 1.29 is 14.4 Å². The second kappa shape index (κ2) is 9.59. The lowest BCUT2D eigenvalue weighted by molar-refractivity contribution is -0.116. The van der Waals surface area contributed by atoms with Gasteiger partial charge in [-0.15, -0.1) is 0 Å². The van der Waals surface area contributed by atoms with Crippen LogP contribution in [0.15, 0.2) is 48.5 Å². The van der Waals surface area contributed by atoms with Crippen LogP contribution in [0.4, 0.5) is 26.7 Å². The molecule has 0 aliphatic carbocycles. The third-order valence-corrected chi connectivity index (χ3v) is 4.44. The molecule has 1 heterocycles. The number of rotatable bonds is 7. The van der Waals surface area contributed by atoms with Crippen LogP contribution < -0.4 is 26.2 Å². The van der Waals surface area contributed by atoms with Crippen molar-refractivity contribution >= 4 is 35.0 Å². The van der Waals surface area contributed by atoms with E-state index >= 15 is 0 Å². The number of carbonyl (C=O) groups is 3. The Balaban J connectivity index is 1.50. The number of nitrogens with zero attached hydrogens (tertiary/aromatic N) is 1. The lowest BCUT2D eigenvalue weighted by Gasteiger charge is -2.15. The van der Waals surface area contributed by atoms with Crippen LogP contribution in [0.5, 0.6) is 0 Å². The second-order valence-corrected chi connectivity index (χ2v) is 6.74. The van der Waals surface area contributed by atoms with E-state index in [0.29, 0.717) is 31.7 Å². The number of anilines is 3. The molecule has 1 fully saturated rings. The van der Waals surface area contributed by atoms with Crippen LogP contribution in [-0.2, 0) is 11.3 Å². The average Bonchev–Trinajstić information content (AvgIpc) is 3.14. The molecular formula is C21H25N5O3. The van der Waals surface area contributed by atoms with Crippen LogP contribution in [0.25, 0.3) is 0 Å². The van der Waals surface area contributed by atoms with Crippen LogP contribution >= 0.6 is 0 Å². The Morgan fingerprint density at radius 2 is 1.86 bits per heavy atom. The number of urea groups is 2. The van der Waals surface area contributed by atoms with E-state index in [1.807, 2.05) is 37.3 Å². The first-order chi connectivity index (χ1) is 14.0. The summed E-state index contributed by atoms with van der Waals surface area (Å²) >= 11 is 0. The molecule has 0 saturated carbocycles. The second-order valence-electron chi connectivity index (χ2n) is 6.74. The van der Waals surface area contributed by atoms with Gasteiger partial charge in [-0.1, -0.05) is 25.1 Å². The summed E-state index contributed by atoms with van der Waals surface area (Å²) in [5.74, 6) is -0.00797. The Kier molecular flexibility index (Phi) is 6.67. The van der Waals surface area contributed by atoms with Gasteiger partial charge in [0.25, 0.3) is 0 Å². The van der Waals surface area contributed by atoms with Crippen molar-refractivity contribution in [2.45, 2.75) is 26.3 Å². The molecule has 0 bridgehead atoms. The van der Waals surface area contributed by atoms with Gasteiger partial charge in [0.2, 0.25) is 5.91 Å².